The molecule has 0 amide bonds. The molecule has 0 heterocycles. The Bertz CT molecular complexity index is 226. The second-order valence-electron chi connectivity index (χ2n) is 2.00. The largest absolute Gasteiger partial charge is 0.375 e. The number of halogens is 1. The average Bonchev–Trinajstić information content (AvgIpc) is 2.08. The fourth-order valence-electron chi connectivity index (χ4n) is 0.691. The zero-order valence-electron chi connectivity index (χ0n) is 7.29. The molecule has 0 aliphatic rings. The van der Waals surface area contributed by atoms with Crippen LogP contribution in [-0.4, -0.2) is 5.11 Å². The van der Waals surface area contributed by atoms with Gasteiger partial charge < -0.3 is 10.8 Å². The third kappa shape index (κ3) is 3.85. The van der Waals surface area contributed by atoms with Gasteiger partial charge >= 0.3 is 0 Å². The van der Waals surface area contributed by atoms with E-state index in [0.29, 0.717) is 0 Å². The van der Waals surface area contributed by atoms with Gasteiger partial charge in [-0.05, 0) is 17.7 Å². The number of rotatable bonds is 1. The van der Waals surface area contributed by atoms with Crippen molar-refractivity contribution in [3.63, 3.8) is 0 Å². The highest BCUT2D eigenvalue weighted by molar-refractivity contribution is 9.10. The molecule has 68 valence electrons. The molecule has 0 fully saturated rings. The molecule has 0 aliphatic heterocycles. The van der Waals surface area contributed by atoms with Crippen molar-refractivity contribution < 1.29 is 5.11 Å². The van der Waals surface area contributed by atoms with Gasteiger partial charge in [-0.2, -0.15) is 0 Å². The minimum absolute atomic E-state index is 0.717. The first-order valence-corrected chi connectivity index (χ1v) is 4.68. The van der Waals surface area contributed by atoms with E-state index >= 15 is 0 Å². The quantitative estimate of drug-likeness (QED) is 0.730. The Morgan fingerprint density at radius 2 is 2.00 bits per heavy atom. The van der Waals surface area contributed by atoms with Gasteiger partial charge in [0.05, 0.1) is 0 Å². The molecule has 0 radical (unpaired) electrons. The maximum Gasteiger partial charge on any atom is 0.128 e. The van der Waals surface area contributed by atoms with Crippen LogP contribution in [0.3, 0.4) is 0 Å². The van der Waals surface area contributed by atoms with E-state index in [1.165, 1.54) is 0 Å². The molecular weight excluding hydrogens is 218 g/mol. The lowest BCUT2D eigenvalue weighted by atomic mass is 10.2. The summed E-state index contributed by atoms with van der Waals surface area (Å²) in [5.41, 5.74) is 5.93. The van der Waals surface area contributed by atoms with Crippen LogP contribution in [0.2, 0.25) is 0 Å². The Kier molecular flexibility index (Phi) is 5.98. The number of nitrogens with two attached hydrogens (primary N) is 1. The molecule has 2 nitrogen and oxygen atoms in total. The fourth-order valence-corrected chi connectivity index (χ4v) is 1.11. The van der Waals surface area contributed by atoms with Crippen LogP contribution in [0.25, 0.3) is 0 Å². The zero-order valence-corrected chi connectivity index (χ0v) is 8.88. The molecular formula is C9H14BrNO. The first-order valence-electron chi connectivity index (χ1n) is 3.89. The third-order valence-corrected chi connectivity index (χ3v) is 1.68. The Morgan fingerprint density at radius 1 is 1.42 bits per heavy atom. The van der Waals surface area contributed by atoms with E-state index in [1.807, 2.05) is 26.0 Å². The molecule has 1 rings (SSSR count). The molecule has 3 N–H and O–H groups in total. The molecule has 1 atom stereocenters. The summed E-state index contributed by atoms with van der Waals surface area (Å²) in [6.45, 7) is 4.00. The molecule has 0 bridgehead atoms. The smallest absolute Gasteiger partial charge is 0.128 e. The Hall–Kier alpha value is -0.380. The summed E-state index contributed by atoms with van der Waals surface area (Å²) in [5, 5.41) is 8.91. The Labute approximate surface area is 81.5 Å². The van der Waals surface area contributed by atoms with Gasteiger partial charge in [0.1, 0.15) is 6.23 Å². The minimum atomic E-state index is -0.877. The second-order valence-corrected chi connectivity index (χ2v) is 2.92. The van der Waals surface area contributed by atoms with Gasteiger partial charge in [-0.1, -0.05) is 41.9 Å². The van der Waals surface area contributed by atoms with Gasteiger partial charge in [0.25, 0.3) is 0 Å². The number of aliphatic hydroxyl groups is 1. The molecule has 0 saturated heterocycles. The number of hydrogen-bond acceptors (Lipinski definition) is 2. The maximum atomic E-state index is 8.91. The van der Waals surface area contributed by atoms with Crippen molar-refractivity contribution in [3.8, 4) is 0 Å². The Morgan fingerprint density at radius 3 is 2.33 bits per heavy atom. The van der Waals surface area contributed by atoms with Crippen molar-refractivity contribution in [2.75, 3.05) is 0 Å². The fraction of sp³-hybridized carbons (Fsp3) is 0.333. The predicted molar refractivity (Wildman–Crippen MR) is 54.6 cm³/mol. The highest BCUT2D eigenvalue weighted by Gasteiger charge is 1.98. The lowest BCUT2D eigenvalue weighted by Crippen LogP contribution is -2.07. The summed E-state index contributed by atoms with van der Waals surface area (Å²) < 4.78 is 0.925. The normalized spacial score (nSPS) is 11.4. The first kappa shape index (κ1) is 11.6. The van der Waals surface area contributed by atoms with Crippen molar-refractivity contribution in [3.05, 3.63) is 34.3 Å². The van der Waals surface area contributed by atoms with Crippen LogP contribution in [0.15, 0.2) is 28.7 Å². The van der Waals surface area contributed by atoms with Gasteiger partial charge in [-0.25, -0.2) is 0 Å². The monoisotopic (exact) mass is 231 g/mol. The van der Waals surface area contributed by atoms with Crippen LogP contribution in [0, 0.1) is 0 Å². The van der Waals surface area contributed by atoms with E-state index < -0.39 is 6.23 Å². The molecule has 0 saturated carbocycles. The Balaban J connectivity index is 0.000000561. The lowest BCUT2D eigenvalue weighted by Gasteiger charge is -2.03. The van der Waals surface area contributed by atoms with E-state index in [2.05, 4.69) is 15.9 Å². The summed E-state index contributed by atoms with van der Waals surface area (Å²) in [6, 6.07) is 7.27. The van der Waals surface area contributed by atoms with E-state index in [1.54, 1.807) is 12.1 Å². The van der Waals surface area contributed by atoms with Gasteiger partial charge in [0.2, 0.25) is 0 Å². The molecule has 3 heteroatoms. The molecule has 0 aromatic heterocycles. The van der Waals surface area contributed by atoms with Crippen molar-refractivity contribution >= 4 is 15.9 Å². The van der Waals surface area contributed by atoms with Gasteiger partial charge in [0, 0.05) is 4.47 Å². The van der Waals surface area contributed by atoms with Crippen LogP contribution in [0.5, 0.6) is 0 Å². The van der Waals surface area contributed by atoms with Crippen LogP contribution in [-0.2, 0) is 0 Å². The van der Waals surface area contributed by atoms with Gasteiger partial charge in [-0.15, -0.1) is 0 Å². The topological polar surface area (TPSA) is 46.2 Å². The molecule has 1 aromatic rings. The van der Waals surface area contributed by atoms with E-state index in [4.69, 9.17) is 10.8 Å². The summed E-state index contributed by atoms with van der Waals surface area (Å²) in [7, 11) is 0. The SMILES string of the molecule is CC.NC(O)c1cccc(Br)c1. The zero-order chi connectivity index (χ0) is 9.56. The second kappa shape index (κ2) is 6.17. The summed E-state index contributed by atoms with van der Waals surface area (Å²) >= 11 is 3.26. The highest BCUT2D eigenvalue weighted by Crippen LogP contribution is 2.14. The third-order valence-electron chi connectivity index (χ3n) is 1.19. The summed E-state index contributed by atoms with van der Waals surface area (Å²) in [6.07, 6.45) is -0.877. The van der Waals surface area contributed by atoms with Gasteiger partial charge in [0.15, 0.2) is 0 Å². The highest BCUT2D eigenvalue weighted by atomic mass is 79.9. The molecule has 1 aromatic carbocycles. The van der Waals surface area contributed by atoms with Crippen molar-refractivity contribution in [2.45, 2.75) is 20.1 Å². The predicted octanol–water partition coefficient (Wildman–Crippen LogP) is 2.42. The van der Waals surface area contributed by atoms with E-state index in [-0.39, 0.29) is 0 Å². The minimum Gasteiger partial charge on any atom is -0.375 e. The molecule has 1 unspecified atom stereocenters. The molecule has 0 spiro atoms. The standard InChI is InChI=1S/C7H8BrNO.C2H6/c8-6-3-1-2-5(4-6)7(9)10;1-2/h1-4,7,10H,9H2;1-2H3. The van der Waals surface area contributed by atoms with Gasteiger partial charge in [-0.3, -0.25) is 0 Å². The average molecular weight is 232 g/mol. The van der Waals surface area contributed by atoms with Crippen molar-refractivity contribution in [1.82, 2.24) is 0 Å². The number of hydrogen-bond donors (Lipinski definition) is 2. The summed E-state index contributed by atoms with van der Waals surface area (Å²) in [5.74, 6) is 0. The van der Waals surface area contributed by atoms with Crippen molar-refractivity contribution in [2.24, 2.45) is 5.73 Å². The van der Waals surface area contributed by atoms with Crippen LogP contribution < -0.4 is 5.73 Å². The van der Waals surface area contributed by atoms with Crippen LogP contribution in [0.1, 0.15) is 25.6 Å². The van der Waals surface area contributed by atoms with E-state index in [0.717, 1.165) is 10.0 Å². The number of aliphatic hydroxyl groups excluding tert-OH is 1. The number of benzene rings is 1. The molecule has 0 aliphatic carbocycles. The van der Waals surface area contributed by atoms with E-state index in [9.17, 15) is 0 Å². The van der Waals surface area contributed by atoms with Crippen LogP contribution >= 0.6 is 15.9 Å². The summed E-state index contributed by atoms with van der Waals surface area (Å²) in [4.78, 5) is 0. The lowest BCUT2D eigenvalue weighted by molar-refractivity contribution is 0.186. The van der Waals surface area contributed by atoms with Crippen molar-refractivity contribution in [1.29, 1.82) is 0 Å². The van der Waals surface area contributed by atoms with Crippen LogP contribution in [0.4, 0.5) is 0 Å². The molecule has 12 heavy (non-hydrogen) atoms. The first-order chi connectivity index (χ1) is 5.70. The maximum absolute atomic E-state index is 8.91.